The molecule has 1 saturated heterocycles. The third-order valence-electron chi connectivity index (χ3n) is 6.34. The van der Waals surface area contributed by atoms with Crippen LogP contribution in [-0.4, -0.2) is 91.6 Å². The van der Waals surface area contributed by atoms with E-state index in [1.165, 1.54) is 17.1 Å². The van der Waals surface area contributed by atoms with E-state index in [0.29, 0.717) is 11.2 Å². The SMILES string of the molecule is CC(C)C(=O)Nc1nc2c(ncn2[C@@H]2O[C@H](CO)[C@@H](F)[C@H]2OP(=O)(O)OCc2nc3cncnc3n2CCO)c(=O)[nH]1. The zero-order valence-electron chi connectivity index (χ0n) is 22.2. The summed E-state index contributed by atoms with van der Waals surface area (Å²) in [4.78, 5) is 58.0. The molecule has 0 saturated carbocycles. The molecule has 0 aromatic carbocycles. The van der Waals surface area contributed by atoms with Gasteiger partial charge in [-0.1, -0.05) is 13.8 Å². The average molecular weight is 611 g/mol. The maximum atomic E-state index is 15.4. The number of carbonyl (C=O) groups excluding carboxylic acids is 1. The second-order valence-corrected chi connectivity index (χ2v) is 10.9. The Kier molecular flexibility index (Phi) is 8.42. The number of imidazole rings is 2. The van der Waals surface area contributed by atoms with Crippen LogP contribution in [0.1, 0.15) is 25.9 Å². The molecule has 20 heteroatoms. The Morgan fingerprint density at radius 2 is 2.07 bits per heavy atom. The summed E-state index contributed by atoms with van der Waals surface area (Å²) in [7, 11) is -5.04. The van der Waals surface area contributed by atoms with E-state index in [1.807, 2.05) is 0 Å². The van der Waals surface area contributed by atoms with Crippen molar-refractivity contribution in [2.24, 2.45) is 5.92 Å². The lowest BCUT2D eigenvalue weighted by atomic mass is 10.1. The number of hydrogen-bond acceptors (Lipinski definition) is 13. The summed E-state index contributed by atoms with van der Waals surface area (Å²) >= 11 is 0. The summed E-state index contributed by atoms with van der Waals surface area (Å²) in [6.45, 7) is 1.62. The second kappa shape index (κ2) is 11.9. The Hall–Kier alpha value is -3.71. The summed E-state index contributed by atoms with van der Waals surface area (Å²) in [6.07, 6.45) is -3.23. The number of aromatic nitrogens is 8. The standard InChI is InChI=1S/C22H27FN9O9P/c1-10(2)19(35)29-22-28-18-15(20(36)30-22)26-9-32(18)21-16(14(23)12(6-34)40-21)41-42(37,38)39-7-13-27-11-5-24-8-25-17(11)31(13)3-4-33/h5,8-10,12,14,16,21,33-34H,3-4,6-7H2,1-2H3,(H,37,38)(H2,28,29,30,35,36)/t12-,14-,16-,21-/m1/s1. The van der Waals surface area contributed by atoms with E-state index in [4.69, 9.17) is 13.8 Å². The molecule has 18 nitrogen and oxygen atoms in total. The van der Waals surface area contributed by atoms with Crippen LogP contribution in [0.25, 0.3) is 22.3 Å². The highest BCUT2D eigenvalue weighted by molar-refractivity contribution is 7.47. The van der Waals surface area contributed by atoms with Crippen molar-refractivity contribution in [2.75, 3.05) is 18.5 Å². The van der Waals surface area contributed by atoms with E-state index in [1.54, 1.807) is 13.8 Å². The molecule has 5 heterocycles. The first kappa shape index (κ1) is 29.8. The number of phosphoric ester groups is 1. The normalized spacial score (nSPS) is 22.3. The monoisotopic (exact) mass is 611 g/mol. The lowest BCUT2D eigenvalue weighted by Gasteiger charge is -2.23. The van der Waals surface area contributed by atoms with Crippen LogP contribution in [0.3, 0.4) is 0 Å². The van der Waals surface area contributed by atoms with Gasteiger partial charge in [0.05, 0.1) is 25.7 Å². The minimum Gasteiger partial charge on any atom is -0.395 e. The van der Waals surface area contributed by atoms with Crippen molar-refractivity contribution in [3.8, 4) is 0 Å². The zero-order valence-corrected chi connectivity index (χ0v) is 23.1. The molecule has 1 aliphatic rings. The number of H-pyrrole nitrogens is 1. The number of amides is 1. The van der Waals surface area contributed by atoms with Gasteiger partial charge in [0.1, 0.15) is 36.5 Å². The number of alkyl halides is 1. The first-order valence-electron chi connectivity index (χ1n) is 12.6. The van der Waals surface area contributed by atoms with Crippen molar-refractivity contribution >= 4 is 42.0 Å². The van der Waals surface area contributed by atoms with Crippen LogP contribution in [0.2, 0.25) is 0 Å². The van der Waals surface area contributed by atoms with E-state index in [-0.39, 0.29) is 36.1 Å². The Labute approximate surface area is 235 Å². The van der Waals surface area contributed by atoms with Gasteiger partial charge in [-0.2, -0.15) is 4.98 Å². The molecule has 5 atom stereocenters. The maximum absolute atomic E-state index is 15.4. The fraction of sp³-hybridized carbons (Fsp3) is 0.500. The molecular formula is C22H27FN9O9P. The number of hydrogen-bond donors (Lipinski definition) is 5. The first-order valence-corrected chi connectivity index (χ1v) is 14.1. The van der Waals surface area contributed by atoms with E-state index >= 15 is 4.39 Å². The second-order valence-electron chi connectivity index (χ2n) is 9.52. The lowest BCUT2D eigenvalue weighted by Crippen LogP contribution is -2.32. The molecule has 1 unspecified atom stereocenters. The Bertz CT molecular complexity index is 1710. The lowest BCUT2D eigenvalue weighted by molar-refractivity contribution is -0.118. The van der Waals surface area contributed by atoms with Crippen LogP contribution >= 0.6 is 7.82 Å². The Balaban J connectivity index is 1.42. The van der Waals surface area contributed by atoms with Crippen molar-refractivity contribution in [3.05, 3.63) is 35.0 Å². The van der Waals surface area contributed by atoms with Crippen LogP contribution in [0, 0.1) is 5.92 Å². The molecule has 0 bridgehead atoms. The quantitative estimate of drug-likeness (QED) is 0.138. The maximum Gasteiger partial charge on any atom is 0.473 e. The molecule has 5 N–H and O–H groups in total. The fourth-order valence-electron chi connectivity index (χ4n) is 4.30. The molecular weight excluding hydrogens is 584 g/mol. The smallest absolute Gasteiger partial charge is 0.395 e. The molecule has 0 aliphatic carbocycles. The highest BCUT2D eigenvalue weighted by Gasteiger charge is 2.50. The third kappa shape index (κ3) is 5.80. The van der Waals surface area contributed by atoms with E-state index in [0.717, 1.165) is 10.9 Å². The molecule has 226 valence electrons. The number of phosphoric acid groups is 1. The minimum absolute atomic E-state index is 0.0471. The van der Waals surface area contributed by atoms with Gasteiger partial charge in [0.25, 0.3) is 5.56 Å². The van der Waals surface area contributed by atoms with Gasteiger partial charge in [0.2, 0.25) is 11.9 Å². The number of nitrogens with zero attached hydrogens (tertiary/aromatic N) is 7. The number of ether oxygens (including phenoxy) is 1. The van der Waals surface area contributed by atoms with Crippen LogP contribution in [-0.2, 0) is 36.3 Å². The van der Waals surface area contributed by atoms with Gasteiger partial charge < -0.3 is 24.4 Å². The van der Waals surface area contributed by atoms with Gasteiger partial charge in [-0.3, -0.25) is 33.5 Å². The molecule has 4 aromatic heterocycles. The number of anilines is 1. The summed E-state index contributed by atoms with van der Waals surface area (Å²) in [5.41, 5.74) is -0.388. The van der Waals surface area contributed by atoms with Crippen molar-refractivity contribution in [1.29, 1.82) is 0 Å². The van der Waals surface area contributed by atoms with Gasteiger partial charge in [-0.25, -0.2) is 28.9 Å². The van der Waals surface area contributed by atoms with Crippen molar-refractivity contribution in [3.63, 3.8) is 0 Å². The number of fused-ring (bicyclic) bond motifs is 2. The summed E-state index contributed by atoms with van der Waals surface area (Å²) in [5, 5.41) is 21.5. The van der Waals surface area contributed by atoms with Gasteiger partial charge in [0, 0.05) is 12.5 Å². The summed E-state index contributed by atoms with van der Waals surface area (Å²) < 4.78 is 46.8. The number of aliphatic hydroxyl groups is 2. The van der Waals surface area contributed by atoms with Crippen molar-refractivity contribution < 1.29 is 42.6 Å². The number of aliphatic hydroxyl groups excluding tert-OH is 2. The Morgan fingerprint density at radius 1 is 1.29 bits per heavy atom. The van der Waals surface area contributed by atoms with E-state index in [9.17, 15) is 29.3 Å². The topological polar surface area (TPSA) is 242 Å². The van der Waals surface area contributed by atoms with Gasteiger partial charge in [-0.05, 0) is 0 Å². The molecule has 0 spiro atoms. The third-order valence-corrected chi connectivity index (χ3v) is 7.31. The molecule has 42 heavy (non-hydrogen) atoms. The minimum atomic E-state index is -5.04. The van der Waals surface area contributed by atoms with Gasteiger partial charge in [0.15, 0.2) is 29.2 Å². The molecule has 5 rings (SSSR count). The van der Waals surface area contributed by atoms with Crippen LogP contribution in [0.4, 0.5) is 10.3 Å². The fourth-order valence-corrected chi connectivity index (χ4v) is 5.17. The molecule has 1 amide bonds. The van der Waals surface area contributed by atoms with Crippen molar-refractivity contribution in [1.82, 2.24) is 39.0 Å². The average Bonchev–Trinajstić information content (AvgIpc) is 3.62. The molecule has 1 aliphatic heterocycles. The van der Waals surface area contributed by atoms with Crippen LogP contribution in [0.15, 0.2) is 23.6 Å². The number of halogens is 1. The van der Waals surface area contributed by atoms with E-state index in [2.05, 4.69) is 35.2 Å². The van der Waals surface area contributed by atoms with Crippen molar-refractivity contribution in [2.45, 2.75) is 51.6 Å². The predicted octanol–water partition coefficient (Wildman–Crippen LogP) is -0.224. The zero-order chi connectivity index (χ0) is 30.2. The number of rotatable bonds is 11. The van der Waals surface area contributed by atoms with Crippen LogP contribution < -0.4 is 10.9 Å². The number of carbonyl (C=O) groups is 1. The summed E-state index contributed by atoms with van der Waals surface area (Å²) in [5.74, 6) is -0.979. The van der Waals surface area contributed by atoms with Gasteiger partial charge in [-0.15, -0.1) is 0 Å². The molecule has 4 aromatic rings. The Morgan fingerprint density at radius 3 is 2.79 bits per heavy atom. The summed E-state index contributed by atoms with van der Waals surface area (Å²) in [6, 6.07) is 0. The number of aromatic amines is 1. The highest BCUT2D eigenvalue weighted by atomic mass is 31.2. The predicted molar refractivity (Wildman–Crippen MR) is 139 cm³/mol. The number of nitrogens with one attached hydrogen (secondary N) is 2. The highest BCUT2D eigenvalue weighted by Crippen LogP contribution is 2.50. The molecule has 0 radical (unpaired) electrons. The first-order chi connectivity index (χ1) is 20.0. The van der Waals surface area contributed by atoms with Gasteiger partial charge >= 0.3 is 7.82 Å². The largest absolute Gasteiger partial charge is 0.473 e. The molecule has 1 fully saturated rings. The van der Waals surface area contributed by atoms with E-state index < -0.39 is 63.0 Å². The van der Waals surface area contributed by atoms with Crippen LogP contribution in [0.5, 0.6) is 0 Å².